The van der Waals surface area contributed by atoms with Crippen molar-refractivity contribution in [3.8, 4) is 0 Å². The highest BCUT2D eigenvalue weighted by atomic mass is 35.5. The predicted octanol–water partition coefficient (Wildman–Crippen LogP) is 3.39. The highest BCUT2D eigenvalue weighted by Crippen LogP contribution is 2.45. The van der Waals surface area contributed by atoms with Crippen LogP contribution in [-0.2, 0) is 5.60 Å². The molecular weight excluding hydrogens is 274 g/mol. The molecule has 0 aliphatic heterocycles. The van der Waals surface area contributed by atoms with Gasteiger partial charge in [0.25, 0.3) is 0 Å². The summed E-state index contributed by atoms with van der Waals surface area (Å²) < 4.78 is 0. The summed E-state index contributed by atoms with van der Waals surface area (Å²) in [5.74, 6) is -0.0232. The molecule has 0 saturated heterocycles. The number of aliphatic hydroxyl groups is 1. The number of hydrogen-bond acceptors (Lipinski definition) is 3. The lowest BCUT2D eigenvalue weighted by Crippen LogP contribution is -2.33. The van der Waals surface area contributed by atoms with Crippen molar-refractivity contribution in [3.05, 3.63) is 46.7 Å². The van der Waals surface area contributed by atoms with Crippen LogP contribution in [0.15, 0.2) is 30.5 Å². The first-order chi connectivity index (χ1) is 9.70. The van der Waals surface area contributed by atoms with Gasteiger partial charge in [-0.1, -0.05) is 43.0 Å². The lowest BCUT2D eigenvalue weighted by atomic mass is 9.76. The van der Waals surface area contributed by atoms with Gasteiger partial charge in [-0.2, -0.15) is 15.4 Å². The maximum atomic E-state index is 11.3. The molecule has 1 aliphatic carbocycles. The van der Waals surface area contributed by atoms with Gasteiger partial charge in [0.15, 0.2) is 0 Å². The van der Waals surface area contributed by atoms with Gasteiger partial charge in [0.1, 0.15) is 0 Å². The van der Waals surface area contributed by atoms with E-state index in [-0.39, 0.29) is 5.92 Å². The normalized spacial score (nSPS) is 27.2. The molecule has 106 valence electrons. The summed E-state index contributed by atoms with van der Waals surface area (Å²) in [6, 6.07) is 7.50. The number of nitrogens with one attached hydrogen (secondary N) is 1. The van der Waals surface area contributed by atoms with Crippen LogP contribution in [0.3, 0.4) is 0 Å². The molecule has 1 aromatic heterocycles. The minimum absolute atomic E-state index is 0.0232. The number of hydrogen-bond donors (Lipinski definition) is 2. The fraction of sp³-hybridized carbons (Fsp3) is 0.467. The summed E-state index contributed by atoms with van der Waals surface area (Å²) in [4.78, 5) is 0. The Bertz CT molecular complexity index is 555. The fourth-order valence-electron chi connectivity index (χ4n) is 3.19. The smallest absolute Gasteiger partial charge is 0.0981 e. The lowest BCUT2D eigenvalue weighted by molar-refractivity contribution is -0.00117. The molecule has 20 heavy (non-hydrogen) atoms. The van der Waals surface area contributed by atoms with E-state index in [4.69, 9.17) is 11.6 Å². The van der Waals surface area contributed by atoms with E-state index in [9.17, 15) is 5.11 Å². The van der Waals surface area contributed by atoms with Crippen molar-refractivity contribution in [1.29, 1.82) is 0 Å². The Balaban J connectivity index is 2.02. The van der Waals surface area contributed by atoms with Crippen molar-refractivity contribution in [3.63, 3.8) is 0 Å². The van der Waals surface area contributed by atoms with Crippen LogP contribution in [-0.4, -0.2) is 20.5 Å². The molecule has 2 aromatic rings. The summed E-state index contributed by atoms with van der Waals surface area (Å²) in [5, 5.41) is 22.7. The van der Waals surface area contributed by atoms with Crippen molar-refractivity contribution in [2.75, 3.05) is 0 Å². The third-order valence-electron chi connectivity index (χ3n) is 4.26. The zero-order chi connectivity index (χ0) is 14.0. The van der Waals surface area contributed by atoms with E-state index in [2.05, 4.69) is 15.4 Å². The van der Waals surface area contributed by atoms with Gasteiger partial charge in [-0.3, -0.25) is 0 Å². The van der Waals surface area contributed by atoms with Gasteiger partial charge in [-0.25, -0.2) is 0 Å². The van der Waals surface area contributed by atoms with E-state index >= 15 is 0 Å². The molecule has 1 saturated carbocycles. The number of nitrogens with zero attached hydrogens (tertiary/aromatic N) is 2. The molecule has 5 heteroatoms. The van der Waals surface area contributed by atoms with Crippen LogP contribution in [0.1, 0.15) is 49.3 Å². The van der Waals surface area contributed by atoms with Crippen LogP contribution in [0.25, 0.3) is 0 Å². The summed E-state index contributed by atoms with van der Waals surface area (Å²) in [6.45, 7) is 0. The van der Waals surface area contributed by atoms with E-state index < -0.39 is 5.60 Å². The van der Waals surface area contributed by atoms with Crippen LogP contribution in [0.2, 0.25) is 5.02 Å². The Morgan fingerprint density at radius 2 is 2.00 bits per heavy atom. The number of H-pyrrole nitrogens is 1. The van der Waals surface area contributed by atoms with E-state index in [1.54, 1.807) is 6.20 Å². The molecule has 0 bridgehead atoms. The van der Waals surface area contributed by atoms with Crippen LogP contribution in [0.4, 0.5) is 0 Å². The molecule has 0 radical (unpaired) electrons. The SMILES string of the molecule is OC1(c2ccc(Cl)cc2)CCCCCC1c1cn[nH]n1. The summed E-state index contributed by atoms with van der Waals surface area (Å²) in [5.41, 5.74) is 0.860. The predicted molar refractivity (Wildman–Crippen MR) is 77.6 cm³/mol. The van der Waals surface area contributed by atoms with Gasteiger partial charge in [-0.05, 0) is 30.5 Å². The highest BCUT2D eigenvalue weighted by molar-refractivity contribution is 6.30. The molecular formula is C15H18ClN3O. The first-order valence-electron chi connectivity index (χ1n) is 7.04. The lowest BCUT2D eigenvalue weighted by Gasteiger charge is -2.34. The van der Waals surface area contributed by atoms with Crippen molar-refractivity contribution < 1.29 is 5.11 Å². The number of halogens is 1. The first kappa shape index (κ1) is 13.6. The van der Waals surface area contributed by atoms with E-state index in [0.717, 1.165) is 43.4 Å². The largest absolute Gasteiger partial charge is 0.384 e. The number of benzene rings is 1. The topological polar surface area (TPSA) is 61.8 Å². The maximum absolute atomic E-state index is 11.3. The van der Waals surface area contributed by atoms with Crippen molar-refractivity contribution in [2.45, 2.75) is 43.6 Å². The molecule has 1 aliphatic rings. The van der Waals surface area contributed by atoms with Gasteiger partial charge in [0.2, 0.25) is 0 Å². The maximum Gasteiger partial charge on any atom is 0.0981 e. The minimum Gasteiger partial charge on any atom is -0.384 e. The molecule has 1 aromatic carbocycles. The van der Waals surface area contributed by atoms with Crippen molar-refractivity contribution in [1.82, 2.24) is 15.4 Å². The Morgan fingerprint density at radius 3 is 2.70 bits per heavy atom. The second-order valence-corrected chi connectivity index (χ2v) is 5.91. The molecule has 0 amide bonds. The standard InChI is InChI=1S/C15H18ClN3O/c16-12-7-5-11(6-8-12)15(20)9-3-1-2-4-13(15)14-10-17-19-18-14/h5-8,10,13,20H,1-4,9H2,(H,17,18,19). The van der Waals surface area contributed by atoms with Crippen molar-refractivity contribution >= 4 is 11.6 Å². The third-order valence-corrected chi connectivity index (χ3v) is 4.51. The molecule has 4 nitrogen and oxygen atoms in total. The third kappa shape index (κ3) is 2.45. The quantitative estimate of drug-likeness (QED) is 0.834. The Morgan fingerprint density at radius 1 is 1.20 bits per heavy atom. The zero-order valence-corrected chi connectivity index (χ0v) is 12.0. The second kappa shape index (κ2) is 5.54. The average Bonchev–Trinajstić information content (AvgIpc) is 2.90. The zero-order valence-electron chi connectivity index (χ0n) is 11.2. The monoisotopic (exact) mass is 291 g/mol. The van der Waals surface area contributed by atoms with Gasteiger partial charge < -0.3 is 5.11 Å². The van der Waals surface area contributed by atoms with Crippen LogP contribution in [0, 0.1) is 0 Å². The Hall–Kier alpha value is -1.39. The first-order valence-corrected chi connectivity index (χ1v) is 7.42. The van der Waals surface area contributed by atoms with Gasteiger partial charge in [0.05, 0.1) is 17.5 Å². The van der Waals surface area contributed by atoms with E-state index in [0.29, 0.717) is 5.02 Å². The number of aromatic nitrogens is 3. The number of rotatable bonds is 2. The second-order valence-electron chi connectivity index (χ2n) is 5.48. The molecule has 2 atom stereocenters. The van der Waals surface area contributed by atoms with Crippen molar-refractivity contribution in [2.24, 2.45) is 0 Å². The van der Waals surface area contributed by atoms with Gasteiger partial charge in [0, 0.05) is 10.9 Å². The molecule has 3 rings (SSSR count). The van der Waals surface area contributed by atoms with E-state index in [1.807, 2.05) is 24.3 Å². The molecule has 1 fully saturated rings. The average molecular weight is 292 g/mol. The summed E-state index contributed by atoms with van der Waals surface area (Å²) in [6.07, 6.45) is 6.65. The number of aromatic amines is 1. The van der Waals surface area contributed by atoms with Crippen LogP contribution >= 0.6 is 11.6 Å². The summed E-state index contributed by atoms with van der Waals surface area (Å²) >= 11 is 5.96. The molecule has 0 spiro atoms. The Kier molecular flexibility index (Phi) is 3.76. The summed E-state index contributed by atoms with van der Waals surface area (Å²) in [7, 11) is 0. The Labute approximate surface area is 123 Å². The van der Waals surface area contributed by atoms with Gasteiger partial charge >= 0.3 is 0 Å². The van der Waals surface area contributed by atoms with Crippen LogP contribution < -0.4 is 0 Å². The highest BCUT2D eigenvalue weighted by Gasteiger charge is 2.41. The molecule has 2 N–H and O–H groups in total. The molecule has 2 unspecified atom stereocenters. The molecule has 1 heterocycles. The van der Waals surface area contributed by atoms with Crippen LogP contribution in [0.5, 0.6) is 0 Å². The minimum atomic E-state index is -0.891. The van der Waals surface area contributed by atoms with Gasteiger partial charge in [-0.15, -0.1) is 0 Å². The fourth-order valence-corrected chi connectivity index (χ4v) is 3.31. The van der Waals surface area contributed by atoms with E-state index in [1.165, 1.54) is 0 Å².